The number of halogens is 3. The van der Waals surface area contributed by atoms with Gasteiger partial charge in [0.15, 0.2) is 0 Å². The minimum absolute atomic E-state index is 0.259. The zero-order valence-electron chi connectivity index (χ0n) is 16.7. The lowest BCUT2D eigenvalue weighted by Gasteiger charge is -2.22. The number of hydrogen-bond acceptors (Lipinski definition) is 4. The van der Waals surface area contributed by atoms with Crippen molar-refractivity contribution in [3.8, 4) is 0 Å². The Hall–Kier alpha value is -3.53. The number of alkyl halides is 3. The molecule has 10 heteroatoms. The van der Waals surface area contributed by atoms with Gasteiger partial charge in [-0.25, -0.2) is 8.42 Å². The summed E-state index contributed by atoms with van der Waals surface area (Å²) in [6, 6.07) is 16.2. The molecule has 1 aromatic heterocycles. The average molecular weight is 462 g/mol. The Morgan fingerprint density at radius 3 is 2.41 bits per heavy atom. The highest BCUT2D eigenvalue weighted by atomic mass is 32.2. The van der Waals surface area contributed by atoms with Gasteiger partial charge >= 0.3 is 6.18 Å². The van der Waals surface area contributed by atoms with Crippen LogP contribution in [-0.4, -0.2) is 27.1 Å². The maximum absolute atomic E-state index is 13.0. The molecule has 4 rings (SSSR count). The van der Waals surface area contributed by atoms with Crippen molar-refractivity contribution in [1.29, 1.82) is 0 Å². The monoisotopic (exact) mass is 462 g/mol. The van der Waals surface area contributed by atoms with Crippen LogP contribution < -0.4 is 9.62 Å². The minimum Gasteiger partial charge on any atom is -0.456 e. The Morgan fingerprint density at radius 1 is 0.969 bits per heavy atom. The summed E-state index contributed by atoms with van der Waals surface area (Å²) in [5, 5.41) is 4.33. The number of sulfonamides is 1. The second-order valence-corrected chi connectivity index (χ2v) is 9.08. The van der Waals surface area contributed by atoms with Crippen LogP contribution in [-0.2, 0) is 21.0 Å². The van der Waals surface area contributed by atoms with Crippen LogP contribution in [0.25, 0.3) is 21.9 Å². The number of nitrogens with one attached hydrogen (secondary N) is 1. The number of furan rings is 1. The molecule has 0 spiro atoms. The number of anilines is 2. The highest BCUT2D eigenvalue weighted by molar-refractivity contribution is 7.92. The Kier molecular flexibility index (Phi) is 5.33. The number of carbonyl (C=O) groups is 1. The lowest BCUT2D eigenvalue weighted by atomic mass is 10.1. The third-order valence-electron chi connectivity index (χ3n) is 4.81. The molecule has 0 unspecified atom stereocenters. The number of benzene rings is 3. The molecule has 32 heavy (non-hydrogen) atoms. The van der Waals surface area contributed by atoms with Gasteiger partial charge in [-0.2, -0.15) is 13.2 Å². The van der Waals surface area contributed by atoms with E-state index in [4.69, 9.17) is 4.42 Å². The van der Waals surface area contributed by atoms with Crippen LogP contribution in [0.3, 0.4) is 0 Å². The molecule has 0 saturated carbocycles. The zero-order valence-corrected chi connectivity index (χ0v) is 17.5. The Morgan fingerprint density at radius 2 is 1.69 bits per heavy atom. The number of amides is 1. The summed E-state index contributed by atoms with van der Waals surface area (Å²) in [5.41, 5.74) is 0.296. The lowest BCUT2D eigenvalue weighted by Crippen LogP contribution is -2.37. The number of para-hydroxylation sites is 1. The van der Waals surface area contributed by atoms with Gasteiger partial charge in [-0.15, -0.1) is 0 Å². The Labute approximate surface area is 181 Å². The molecule has 0 atom stereocenters. The first-order chi connectivity index (χ1) is 15.0. The molecule has 0 bridgehead atoms. The normalized spacial score (nSPS) is 12.2. The smallest absolute Gasteiger partial charge is 0.416 e. The van der Waals surface area contributed by atoms with Crippen molar-refractivity contribution in [3.63, 3.8) is 0 Å². The van der Waals surface area contributed by atoms with E-state index in [1.165, 1.54) is 6.07 Å². The number of nitrogens with zero attached hydrogens (tertiary/aromatic N) is 1. The fourth-order valence-electron chi connectivity index (χ4n) is 3.37. The summed E-state index contributed by atoms with van der Waals surface area (Å²) < 4.78 is 69.9. The topological polar surface area (TPSA) is 79.6 Å². The summed E-state index contributed by atoms with van der Waals surface area (Å²) in [6.45, 7) is -0.696. The molecular formula is C22H17F3N2O4S. The maximum Gasteiger partial charge on any atom is 0.416 e. The van der Waals surface area contributed by atoms with Crippen molar-refractivity contribution in [2.75, 3.05) is 22.4 Å². The van der Waals surface area contributed by atoms with Gasteiger partial charge in [-0.3, -0.25) is 9.10 Å². The van der Waals surface area contributed by atoms with Gasteiger partial charge in [-0.05, 0) is 36.4 Å². The summed E-state index contributed by atoms with van der Waals surface area (Å²) in [4.78, 5) is 12.6. The van der Waals surface area contributed by atoms with E-state index in [-0.39, 0.29) is 5.69 Å². The summed E-state index contributed by atoms with van der Waals surface area (Å²) in [6.07, 6.45) is -3.83. The van der Waals surface area contributed by atoms with Crippen LogP contribution in [0.5, 0.6) is 0 Å². The van der Waals surface area contributed by atoms with E-state index >= 15 is 0 Å². The van der Waals surface area contributed by atoms with Crippen LogP contribution in [0.1, 0.15) is 5.56 Å². The van der Waals surface area contributed by atoms with Gasteiger partial charge < -0.3 is 9.73 Å². The van der Waals surface area contributed by atoms with Crippen molar-refractivity contribution in [3.05, 3.63) is 72.3 Å². The molecule has 0 saturated heterocycles. The summed E-state index contributed by atoms with van der Waals surface area (Å²) in [5.74, 6) is -0.719. The summed E-state index contributed by atoms with van der Waals surface area (Å²) in [7, 11) is -4.03. The van der Waals surface area contributed by atoms with E-state index < -0.39 is 34.2 Å². The van der Waals surface area contributed by atoms with E-state index in [1.807, 2.05) is 24.3 Å². The van der Waals surface area contributed by atoms with Crippen LogP contribution in [0.4, 0.5) is 24.5 Å². The highest BCUT2D eigenvalue weighted by Crippen LogP contribution is 2.33. The summed E-state index contributed by atoms with van der Waals surface area (Å²) >= 11 is 0. The van der Waals surface area contributed by atoms with E-state index in [9.17, 15) is 26.4 Å². The fourth-order valence-corrected chi connectivity index (χ4v) is 4.22. The van der Waals surface area contributed by atoms with E-state index in [2.05, 4.69) is 5.32 Å². The third kappa shape index (κ3) is 4.40. The SMILES string of the molecule is CS(=O)(=O)N(CC(=O)Nc1ccc2c(c1)oc1ccccc12)c1cccc(C(F)(F)F)c1. The fraction of sp³-hybridized carbons (Fsp3) is 0.136. The molecule has 0 fully saturated rings. The first kappa shape index (κ1) is 21.7. The molecule has 1 amide bonds. The van der Waals surface area contributed by atoms with E-state index in [0.29, 0.717) is 27.2 Å². The second kappa shape index (κ2) is 7.86. The number of hydrogen-bond donors (Lipinski definition) is 1. The van der Waals surface area contributed by atoms with Gasteiger partial charge in [0.25, 0.3) is 0 Å². The lowest BCUT2D eigenvalue weighted by molar-refractivity contribution is -0.137. The minimum atomic E-state index is -4.65. The molecule has 1 N–H and O–H groups in total. The van der Waals surface area contributed by atoms with Crippen LogP contribution in [0, 0.1) is 0 Å². The molecule has 0 aliphatic rings. The Bertz CT molecular complexity index is 1430. The molecule has 6 nitrogen and oxygen atoms in total. The number of rotatable bonds is 5. The molecule has 0 aliphatic heterocycles. The standard InChI is InChI=1S/C22H17F3N2O4S/c1-32(29,30)27(16-6-4-5-14(11-16)22(23,24)25)13-21(28)26-15-9-10-18-17-7-2-3-8-19(17)31-20(18)12-15/h2-12H,13H2,1H3,(H,26,28). The van der Waals surface area contributed by atoms with Gasteiger partial charge in [-0.1, -0.05) is 24.3 Å². The van der Waals surface area contributed by atoms with Crippen LogP contribution in [0.15, 0.2) is 71.1 Å². The largest absolute Gasteiger partial charge is 0.456 e. The van der Waals surface area contributed by atoms with Gasteiger partial charge in [0.1, 0.15) is 17.7 Å². The van der Waals surface area contributed by atoms with Crippen molar-refractivity contribution in [1.82, 2.24) is 0 Å². The molecule has 4 aromatic rings. The Balaban J connectivity index is 1.59. The molecule has 166 valence electrons. The van der Waals surface area contributed by atoms with E-state index in [1.54, 1.807) is 18.2 Å². The second-order valence-electron chi connectivity index (χ2n) is 7.18. The van der Waals surface area contributed by atoms with E-state index in [0.717, 1.165) is 29.2 Å². The van der Waals surface area contributed by atoms with Gasteiger partial charge in [0, 0.05) is 22.5 Å². The number of carbonyl (C=O) groups excluding carboxylic acids is 1. The van der Waals surface area contributed by atoms with Crippen molar-refractivity contribution >= 4 is 49.2 Å². The predicted molar refractivity (Wildman–Crippen MR) is 116 cm³/mol. The zero-order chi connectivity index (χ0) is 23.1. The van der Waals surface area contributed by atoms with Gasteiger partial charge in [0.05, 0.1) is 17.5 Å². The van der Waals surface area contributed by atoms with Crippen LogP contribution >= 0.6 is 0 Å². The van der Waals surface area contributed by atoms with Crippen LogP contribution in [0.2, 0.25) is 0 Å². The molecular weight excluding hydrogens is 445 g/mol. The van der Waals surface area contributed by atoms with Gasteiger partial charge in [0.2, 0.25) is 15.9 Å². The molecule has 1 heterocycles. The molecule has 0 radical (unpaired) electrons. The first-order valence-corrected chi connectivity index (χ1v) is 11.2. The van der Waals surface area contributed by atoms with Crippen molar-refractivity contribution < 1.29 is 30.8 Å². The average Bonchev–Trinajstić information content (AvgIpc) is 3.08. The maximum atomic E-state index is 13.0. The first-order valence-electron chi connectivity index (χ1n) is 9.38. The third-order valence-corrected chi connectivity index (χ3v) is 5.95. The van der Waals surface area contributed by atoms with Crippen molar-refractivity contribution in [2.24, 2.45) is 0 Å². The molecule has 0 aliphatic carbocycles. The highest BCUT2D eigenvalue weighted by Gasteiger charge is 2.32. The quantitative estimate of drug-likeness (QED) is 0.452. The van der Waals surface area contributed by atoms with Crippen molar-refractivity contribution in [2.45, 2.75) is 6.18 Å². The molecule has 3 aromatic carbocycles. The number of fused-ring (bicyclic) bond motifs is 3. The predicted octanol–water partition coefficient (Wildman–Crippen LogP) is 5.01.